The average molecular weight is 223 g/mol. The van der Waals surface area contributed by atoms with Crippen LogP contribution in [0, 0.1) is 0 Å². The smallest absolute Gasteiger partial charge is 0.217 e. The summed E-state index contributed by atoms with van der Waals surface area (Å²) in [4.78, 5) is 4.16. The highest BCUT2D eigenvalue weighted by Gasteiger charge is 2.05. The Morgan fingerprint density at radius 3 is 3.00 bits per heavy atom. The highest BCUT2D eigenvalue weighted by atomic mass is 16.5. The third kappa shape index (κ3) is 4.16. The number of hydrogen-bond donors (Lipinski definition) is 2. The molecule has 0 aliphatic rings. The van der Waals surface area contributed by atoms with E-state index in [-0.39, 0.29) is 0 Å². The van der Waals surface area contributed by atoms with Gasteiger partial charge in [0.15, 0.2) is 0 Å². The summed E-state index contributed by atoms with van der Waals surface area (Å²) < 4.78 is 5.19. The molecule has 1 aromatic rings. The summed E-state index contributed by atoms with van der Waals surface area (Å²) in [7, 11) is 1.65. The quantitative estimate of drug-likeness (QED) is 0.728. The van der Waals surface area contributed by atoms with Crippen molar-refractivity contribution in [3.63, 3.8) is 0 Å². The van der Waals surface area contributed by atoms with Crippen molar-refractivity contribution in [3.05, 3.63) is 23.9 Å². The van der Waals surface area contributed by atoms with Crippen LogP contribution in [0.1, 0.15) is 19.4 Å². The minimum absolute atomic E-state index is 0.435. The van der Waals surface area contributed by atoms with E-state index in [4.69, 9.17) is 4.74 Å². The van der Waals surface area contributed by atoms with Gasteiger partial charge >= 0.3 is 0 Å². The number of nitrogens with zero attached hydrogens (tertiary/aromatic N) is 1. The topological polar surface area (TPSA) is 46.2 Å². The van der Waals surface area contributed by atoms with Gasteiger partial charge in [0.25, 0.3) is 0 Å². The Bertz CT molecular complexity index is 304. The Balaban J connectivity index is 2.41. The van der Waals surface area contributed by atoms with Crippen molar-refractivity contribution in [1.29, 1.82) is 0 Å². The van der Waals surface area contributed by atoms with Gasteiger partial charge in [0.05, 0.1) is 7.11 Å². The summed E-state index contributed by atoms with van der Waals surface area (Å²) in [5.41, 5.74) is 1.09. The summed E-state index contributed by atoms with van der Waals surface area (Å²) in [6, 6.07) is 4.39. The lowest BCUT2D eigenvalue weighted by Gasteiger charge is -2.15. The first-order valence-electron chi connectivity index (χ1n) is 5.70. The number of nitrogens with one attached hydrogen (secondary N) is 2. The monoisotopic (exact) mass is 223 g/mol. The van der Waals surface area contributed by atoms with Crippen molar-refractivity contribution in [2.45, 2.75) is 26.4 Å². The number of hydrogen-bond acceptors (Lipinski definition) is 4. The Kier molecular flexibility index (Phi) is 5.82. The molecule has 1 heterocycles. The van der Waals surface area contributed by atoms with Crippen molar-refractivity contribution in [2.75, 3.05) is 20.2 Å². The fourth-order valence-corrected chi connectivity index (χ4v) is 1.46. The molecule has 0 aromatic carbocycles. The molecular weight excluding hydrogens is 202 g/mol. The summed E-state index contributed by atoms with van der Waals surface area (Å²) in [5.74, 6) is 0.700. The van der Waals surface area contributed by atoms with Crippen molar-refractivity contribution in [2.24, 2.45) is 0 Å². The van der Waals surface area contributed by atoms with E-state index in [9.17, 15) is 0 Å². The molecule has 0 bridgehead atoms. The van der Waals surface area contributed by atoms with Crippen LogP contribution in [0.25, 0.3) is 0 Å². The number of pyridine rings is 1. The van der Waals surface area contributed by atoms with Crippen LogP contribution in [-0.2, 0) is 6.54 Å². The van der Waals surface area contributed by atoms with Crippen LogP contribution < -0.4 is 15.4 Å². The van der Waals surface area contributed by atoms with Crippen molar-refractivity contribution < 1.29 is 4.74 Å². The van der Waals surface area contributed by atoms with Crippen molar-refractivity contribution in [1.82, 2.24) is 15.6 Å². The van der Waals surface area contributed by atoms with Crippen LogP contribution in [0.5, 0.6) is 5.88 Å². The fraction of sp³-hybridized carbons (Fsp3) is 0.583. The van der Waals surface area contributed by atoms with E-state index in [1.807, 2.05) is 12.1 Å². The normalized spacial score (nSPS) is 12.4. The second kappa shape index (κ2) is 7.19. The lowest BCUT2D eigenvalue weighted by molar-refractivity contribution is 0.388. The molecule has 0 aliphatic carbocycles. The van der Waals surface area contributed by atoms with Gasteiger partial charge in [-0.1, -0.05) is 13.0 Å². The molecule has 4 heteroatoms. The molecule has 90 valence electrons. The highest BCUT2D eigenvalue weighted by molar-refractivity contribution is 5.25. The van der Waals surface area contributed by atoms with E-state index in [1.54, 1.807) is 13.3 Å². The molecule has 0 saturated heterocycles. The van der Waals surface area contributed by atoms with Gasteiger partial charge < -0.3 is 15.4 Å². The molecule has 4 nitrogen and oxygen atoms in total. The number of likely N-dealkylation sites (N-methyl/N-ethyl adjacent to an activating group) is 1. The average Bonchev–Trinajstić information content (AvgIpc) is 2.34. The van der Waals surface area contributed by atoms with Gasteiger partial charge in [0, 0.05) is 30.9 Å². The largest absolute Gasteiger partial charge is 0.481 e. The minimum atomic E-state index is 0.435. The van der Waals surface area contributed by atoms with Gasteiger partial charge in [-0.3, -0.25) is 0 Å². The number of methoxy groups -OCH3 is 1. The Labute approximate surface area is 97.4 Å². The molecule has 0 amide bonds. The molecule has 1 rings (SSSR count). The Morgan fingerprint density at radius 1 is 1.50 bits per heavy atom. The molecule has 0 radical (unpaired) electrons. The Hall–Kier alpha value is -1.13. The van der Waals surface area contributed by atoms with E-state index in [0.29, 0.717) is 11.9 Å². The molecule has 0 saturated carbocycles. The van der Waals surface area contributed by atoms with Crippen LogP contribution in [0.4, 0.5) is 0 Å². The van der Waals surface area contributed by atoms with E-state index in [2.05, 4.69) is 29.5 Å². The first-order valence-corrected chi connectivity index (χ1v) is 5.70. The number of aromatic nitrogens is 1. The highest BCUT2D eigenvalue weighted by Crippen LogP contribution is 2.12. The zero-order valence-corrected chi connectivity index (χ0v) is 10.3. The standard InChI is InChI=1S/C12H21N3O/c1-4-13-8-10(2)15-9-11-6-5-7-14-12(11)16-3/h5-7,10,13,15H,4,8-9H2,1-3H3. The zero-order valence-electron chi connectivity index (χ0n) is 10.3. The molecular formula is C12H21N3O. The second-order valence-electron chi connectivity index (χ2n) is 3.76. The maximum Gasteiger partial charge on any atom is 0.217 e. The predicted molar refractivity (Wildman–Crippen MR) is 65.6 cm³/mol. The second-order valence-corrected chi connectivity index (χ2v) is 3.76. The van der Waals surface area contributed by atoms with E-state index >= 15 is 0 Å². The van der Waals surface area contributed by atoms with E-state index in [0.717, 1.165) is 25.2 Å². The maximum absolute atomic E-state index is 5.19. The molecule has 1 aromatic heterocycles. The summed E-state index contributed by atoms with van der Waals surface area (Å²) >= 11 is 0. The van der Waals surface area contributed by atoms with Gasteiger partial charge in [-0.25, -0.2) is 4.98 Å². The SMILES string of the molecule is CCNCC(C)NCc1cccnc1OC. The van der Waals surface area contributed by atoms with E-state index < -0.39 is 0 Å². The first kappa shape index (κ1) is 12.9. The van der Waals surface area contributed by atoms with Gasteiger partial charge in [-0.05, 0) is 19.5 Å². The number of rotatable bonds is 7. The molecule has 0 aliphatic heterocycles. The summed E-state index contributed by atoms with van der Waals surface area (Å²) in [6.07, 6.45) is 1.74. The van der Waals surface area contributed by atoms with Crippen molar-refractivity contribution >= 4 is 0 Å². The number of ether oxygens (including phenoxy) is 1. The van der Waals surface area contributed by atoms with Gasteiger partial charge in [-0.2, -0.15) is 0 Å². The van der Waals surface area contributed by atoms with Crippen LogP contribution in [-0.4, -0.2) is 31.2 Å². The van der Waals surface area contributed by atoms with Crippen molar-refractivity contribution in [3.8, 4) is 5.88 Å². The maximum atomic E-state index is 5.19. The van der Waals surface area contributed by atoms with Gasteiger partial charge in [-0.15, -0.1) is 0 Å². The predicted octanol–water partition coefficient (Wildman–Crippen LogP) is 1.18. The summed E-state index contributed by atoms with van der Waals surface area (Å²) in [5, 5.41) is 6.73. The Morgan fingerprint density at radius 2 is 2.31 bits per heavy atom. The molecule has 2 N–H and O–H groups in total. The first-order chi connectivity index (χ1) is 7.77. The van der Waals surface area contributed by atoms with Crippen LogP contribution in [0.15, 0.2) is 18.3 Å². The van der Waals surface area contributed by atoms with Gasteiger partial charge in [0.2, 0.25) is 5.88 Å². The molecule has 0 spiro atoms. The molecule has 1 unspecified atom stereocenters. The molecule has 1 atom stereocenters. The minimum Gasteiger partial charge on any atom is -0.481 e. The third-order valence-corrected chi connectivity index (χ3v) is 2.38. The third-order valence-electron chi connectivity index (χ3n) is 2.38. The van der Waals surface area contributed by atoms with Crippen LogP contribution >= 0.6 is 0 Å². The summed E-state index contributed by atoms with van der Waals surface area (Å²) in [6.45, 7) is 7.02. The van der Waals surface area contributed by atoms with Crippen LogP contribution in [0.3, 0.4) is 0 Å². The van der Waals surface area contributed by atoms with Crippen LogP contribution in [0.2, 0.25) is 0 Å². The molecule has 16 heavy (non-hydrogen) atoms. The fourth-order valence-electron chi connectivity index (χ4n) is 1.46. The molecule has 0 fully saturated rings. The zero-order chi connectivity index (χ0) is 11.8. The van der Waals surface area contributed by atoms with E-state index in [1.165, 1.54) is 0 Å². The lowest BCUT2D eigenvalue weighted by Crippen LogP contribution is -2.35. The van der Waals surface area contributed by atoms with Gasteiger partial charge in [0.1, 0.15) is 0 Å². The lowest BCUT2D eigenvalue weighted by atomic mass is 10.2.